The molecule has 0 radical (unpaired) electrons. The number of halogens is 4. The smallest absolute Gasteiger partial charge is 0.339 e. The number of nitrogens with zero attached hydrogens (tertiary/aromatic N) is 3. The lowest BCUT2D eigenvalue weighted by atomic mass is 9.97. The highest BCUT2D eigenvalue weighted by atomic mass is 35.5. The van der Waals surface area contributed by atoms with Gasteiger partial charge in [-0.1, -0.05) is 64.6 Å². The molecule has 0 saturated heterocycles. The van der Waals surface area contributed by atoms with E-state index in [4.69, 9.17) is 55.9 Å². The Kier molecular flexibility index (Phi) is 10.7. The molecule has 6 rings (SSSR count). The van der Waals surface area contributed by atoms with Crippen molar-refractivity contribution in [3.63, 3.8) is 0 Å². The van der Waals surface area contributed by atoms with Crippen LogP contribution < -0.4 is 26.9 Å². The molecule has 1 unspecified atom stereocenters. The fourth-order valence-electron chi connectivity index (χ4n) is 5.67. The quantitative estimate of drug-likeness (QED) is 0.152. The summed E-state index contributed by atoms with van der Waals surface area (Å²) >= 11 is 24.9. The summed E-state index contributed by atoms with van der Waals surface area (Å²) in [4.78, 5) is 76.0. The first-order valence-electron chi connectivity index (χ1n) is 15.7. The van der Waals surface area contributed by atoms with Crippen LogP contribution in [0, 0.1) is 0 Å². The normalized spacial score (nSPS) is 14.3. The van der Waals surface area contributed by atoms with E-state index >= 15 is 0 Å². The van der Waals surface area contributed by atoms with Crippen LogP contribution in [0.4, 0.5) is 0 Å². The van der Waals surface area contributed by atoms with Crippen LogP contribution in [0.1, 0.15) is 62.1 Å². The molecule has 2 aromatic carbocycles. The number of carbonyl (C=O) groups is 3. The van der Waals surface area contributed by atoms with E-state index in [1.54, 1.807) is 19.9 Å². The van der Waals surface area contributed by atoms with E-state index in [2.05, 4.69) is 20.1 Å². The van der Waals surface area contributed by atoms with Crippen LogP contribution >= 0.6 is 46.4 Å². The Morgan fingerprint density at radius 3 is 2.23 bits per heavy atom. The third-order valence-electron chi connectivity index (χ3n) is 7.92. The van der Waals surface area contributed by atoms with Gasteiger partial charge in [0.05, 0.1) is 51.4 Å². The van der Waals surface area contributed by atoms with E-state index in [1.807, 2.05) is 0 Å². The Balaban J connectivity index is 1.43. The number of hydrogen-bond acceptors (Lipinski definition) is 10. The highest BCUT2D eigenvalue weighted by Crippen LogP contribution is 2.34. The van der Waals surface area contributed by atoms with Crippen molar-refractivity contribution in [1.82, 2.24) is 19.7 Å². The number of fused-ring (bicyclic) bond motifs is 2. The van der Waals surface area contributed by atoms with Gasteiger partial charge in [-0.3, -0.25) is 19.4 Å². The van der Waals surface area contributed by atoms with Crippen molar-refractivity contribution in [2.75, 3.05) is 13.2 Å². The fraction of sp³-hybridized carbons (Fsp3) is 0.139. The number of pyridine rings is 2. The molecular formula is C36H24Cl4N5O8-. The van der Waals surface area contributed by atoms with Crippen molar-refractivity contribution in [2.24, 2.45) is 4.99 Å². The lowest BCUT2D eigenvalue weighted by Gasteiger charge is -2.14. The summed E-state index contributed by atoms with van der Waals surface area (Å²) < 4.78 is 11.3. The number of Topliss-reactive ketones (excluding diaryl/α,β-unsaturated/α-hetero) is 1. The van der Waals surface area contributed by atoms with Gasteiger partial charge in [0, 0.05) is 31.9 Å². The number of esters is 2. The Morgan fingerprint density at radius 2 is 1.53 bits per heavy atom. The standard InChI is InChI=1S/C36H25Cl4N5O8/c1-3-52-35(50)24-18(32(47)42-30-26(24)29(46)28(41-30)20-14-16(37)10-12-21(20)39)8-6-5-7-9-19-25(36(51)53-4-2)27-31(43-33(19)48)44-45(34(27)49)23-15-17(38)11-13-22(23)40/h5-15,28,49H,3-4H2,1-2H3,(H,41,42,47)(H,43,44,48)/p-1/b6-5?,9-7?,18-8+. The summed E-state index contributed by atoms with van der Waals surface area (Å²) in [5, 5.41) is 18.3. The van der Waals surface area contributed by atoms with Gasteiger partial charge in [0.2, 0.25) is 0 Å². The molecule has 3 aromatic heterocycles. The van der Waals surface area contributed by atoms with Gasteiger partial charge in [-0.25, -0.2) is 14.3 Å². The van der Waals surface area contributed by atoms with Gasteiger partial charge in [0.25, 0.3) is 11.1 Å². The second-order valence-corrected chi connectivity index (χ2v) is 12.8. The minimum Gasteiger partial charge on any atom is -0.858 e. The molecule has 13 nitrogen and oxygen atoms in total. The number of allylic oxidation sites excluding steroid dienone is 3. The van der Waals surface area contributed by atoms with Crippen molar-refractivity contribution in [1.29, 1.82) is 0 Å². The predicted molar refractivity (Wildman–Crippen MR) is 197 cm³/mol. The second kappa shape index (κ2) is 15.2. The number of hydrogen-bond donors (Lipinski definition) is 2. The van der Waals surface area contributed by atoms with Crippen LogP contribution in [0.25, 0.3) is 28.9 Å². The zero-order valence-corrected chi connectivity index (χ0v) is 30.5. The van der Waals surface area contributed by atoms with Gasteiger partial charge in [-0.05, 0) is 62.4 Å². The molecular weight excluding hydrogens is 772 g/mol. The number of H-pyrrole nitrogens is 2. The molecule has 1 atom stereocenters. The Hall–Kier alpha value is -5.47. The number of aromatic amines is 2. The monoisotopic (exact) mass is 794 g/mol. The van der Waals surface area contributed by atoms with E-state index in [9.17, 15) is 29.1 Å². The van der Waals surface area contributed by atoms with Crippen LogP contribution in [-0.2, 0) is 9.47 Å². The zero-order chi connectivity index (χ0) is 38.1. The van der Waals surface area contributed by atoms with Gasteiger partial charge in [-0.15, -0.1) is 5.10 Å². The number of nitrogens with one attached hydrogen (secondary N) is 2. The predicted octanol–water partition coefficient (Wildman–Crippen LogP) is 5.05. The average molecular weight is 796 g/mol. The number of rotatable bonds is 9. The minimum atomic E-state index is -1.18. The van der Waals surface area contributed by atoms with Crippen LogP contribution in [0.5, 0.6) is 5.88 Å². The molecule has 5 aromatic rings. The molecule has 4 heterocycles. The van der Waals surface area contributed by atoms with Gasteiger partial charge in [-0.2, -0.15) is 0 Å². The topological polar surface area (TPSA) is 189 Å². The van der Waals surface area contributed by atoms with E-state index in [0.29, 0.717) is 5.02 Å². The highest BCUT2D eigenvalue weighted by Gasteiger charge is 2.35. The Morgan fingerprint density at radius 1 is 0.868 bits per heavy atom. The maximum absolute atomic E-state index is 13.7. The molecule has 1 aliphatic heterocycles. The maximum atomic E-state index is 13.7. The molecule has 0 aliphatic carbocycles. The third kappa shape index (κ3) is 7.03. The van der Waals surface area contributed by atoms with Gasteiger partial charge in [0.1, 0.15) is 11.5 Å². The van der Waals surface area contributed by atoms with Crippen molar-refractivity contribution in [2.45, 2.75) is 19.9 Å². The molecule has 0 amide bonds. The largest absolute Gasteiger partial charge is 0.858 e. The number of ether oxygens (including phenoxy) is 2. The average Bonchev–Trinajstić information content (AvgIpc) is 3.61. The van der Waals surface area contributed by atoms with E-state index in [1.165, 1.54) is 60.7 Å². The summed E-state index contributed by atoms with van der Waals surface area (Å²) in [5.74, 6) is -3.27. The van der Waals surface area contributed by atoms with Gasteiger partial charge < -0.3 is 24.5 Å². The number of ketones is 1. The van der Waals surface area contributed by atoms with Gasteiger partial charge in [0.15, 0.2) is 11.4 Å². The Bertz CT molecular complexity index is 2680. The number of benzene rings is 2. The summed E-state index contributed by atoms with van der Waals surface area (Å²) in [6.07, 6.45) is 6.60. The molecule has 0 saturated carbocycles. The molecule has 2 N–H and O–H groups in total. The summed E-state index contributed by atoms with van der Waals surface area (Å²) in [7, 11) is 0. The molecule has 53 heavy (non-hydrogen) atoms. The van der Waals surface area contributed by atoms with E-state index in [0.717, 1.165) is 4.68 Å². The first kappa shape index (κ1) is 37.3. The molecule has 0 spiro atoms. The van der Waals surface area contributed by atoms with Crippen molar-refractivity contribution in [3.05, 3.63) is 134 Å². The van der Waals surface area contributed by atoms with E-state index in [-0.39, 0.29) is 83.5 Å². The third-order valence-corrected chi connectivity index (χ3v) is 9.05. The van der Waals surface area contributed by atoms with Crippen molar-refractivity contribution >= 4 is 87.3 Å². The lowest BCUT2D eigenvalue weighted by molar-refractivity contribution is -0.275. The number of carbonyl (C=O) groups excluding carboxylic acids is 3. The van der Waals surface area contributed by atoms with Crippen molar-refractivity contribution < 1.29 is 29.0 Å². The van der Waals surface area contributed by atoms with Crippen LogP contribution in [-0.4, -0.2) is 50.7 Å². The van der Waals surface area contributed by atoms with Crippen LogP contribution in [0.2, 0.25) is 20.1 Å². The van der Waals surface area contributed by atoms with Crippen molar-refractivity contribution in [3.8, 4) is 11.6 Å². The van der Waals surface area contributed by atoms with Crippen LogP contribution in [0.15, 0.2) is 69.2 Å². The first-order valence-corrected chi connectivity index (χ1v) is 17.2. The highest BCUT2D eigenvalue weighted by molar-refractivity contribution is 6.35. The molecule has 17 heteroatoms. The lowest BCUT2D eigenvalue weighted by Crippen LogP contribution is -2.41. The molecule has 270 valence electrons. The van der Waals surface area contributed by atoms with Gasteiger partial charge >= 0.3 is 11.9 Å². The molecule has 1 aliphatic rings. The summed E-state index contributed by atoms with van der Waals surface area (Å²) in [6.45, 7) is 3.01. The first-order chi connectivity index (χ1) is 25.4. The Labute approximate surface area is 318 Å². The SMILES string of the molecule is CCOC(=O)c1c2c([nH]c(=O)/c1=C/C=CC=Cc1c(C(=O)OCC)c3c([O-])n(-c4cc(Cl)ccc4Cl)nc3[nH]c1=O)=NC(c1cc(Cl)ccc1Cl)C2=O. The zero-order valence-electron chi connectivity index (χ0n) is 27.5. The maximum Gasteiger partial charge on any atom is 0.339 e. The number of aromatic nitrogens is 4. The minimum absolute atomic E-state index is 0.0505. The molecule has 0 bridgehead atoms. The van der Waals surface area contributed by atoms with E-state index < -0.39 is 40.8 Å². The summed E-state index contributed by atoms with van der Waals surface area (Å²) in [5.41, 5.74) is -2.46. The fourth-order valence-corrected chi connectivity index (χ4v) is 6.43. The second-order valence-electron chi connectivity index (χ2n) is 11.2. The van der Waals surface area contributed by atoms with Crippen LogP contribution in [0.3, 0.4) is 0 Å². The summed E-state index contributed by atoms with van der Waals surface area (Å²) in [6, 6.07) is 7.72. The molecule has 0 fully saturated rings.